The molecule has 2 fully saturated rings. The lowest BCUT2D eigenvalue weighted by Crippen LogP contribution is -2.36. The lowest BCUT2D eigenvalue weighted by Gasteiger charge is -2.35. The molecule has 0 aliphatic heterocycles. The largest absolute Gasteiger partial charge is 0.473 e. The second-order valence-corrected chi connectivity index (χ2v) is 8.98. The first-order valence-electron chi connectivity index (χ1n) is 9.84. The third kappa shape index (κ3) is 3.88. The van der Waals surface area contributed by atoms with Crippen LogP contribution >= 0.6 is 15.9 Å². The molecule has 1 N–H and O–H groups in total. The van der Waals surface area contributed by atoms with Crippen LogP contribution in [0.1, 0.15) is 31.2 Å². The van der Waals surface area contributed by atoms with Crippen molar-refractivity contribution in [2.75, 3.05) is 5.32 Å². The summed E-state index contributed by atoms with van der Waals surface area (Å²) >= 11 is 3.43. The monoisotopic (exact) mass is 480 g/mol. The topological polar surface area (TPSA) is 123 Å². The number of nitrogens with zero attached hydrogens (tertiary/aromatic N) is 5. The molecule has 10 heteroatoms. The minimum atomic E-state index is -0.512. The van der Waals surface area contributed by atoms with Crippen molar-refractivity contribution in [2.24, 2.45) is 5.41 Å². The van der Waals surface area contributed by atoms with E-state index >= 15 is 0 Å². The Labute approximate surface area is 185 Å². The molecule has 0 unspecified atom stereocenters. The van der Waals surface area contributed by atoms with Crippen molar-refractivity contribution in [2.45, 2.75) is 38.3 Å². The van der Waals surface area contributed by atoms with E-state index < -0.39 is 11.5 Å². The maximum absolute atomic E-state index is 12.9. The van der Waals surface area contributed by atoms with Crippen molar-refractivity contribution >= 4 is 38.6 Å². The highest BCUT2D eigenvalue weighted by atomic mass is 79.9. The molecular weight excluding hydrogens is 464 g/mol. The van der Waals surface area contributed by atoms with Crippen molar-refractivity contribution in [1.29, 1.82) is 5.26 Å². The van der Waals surface area contributed by atoms with Gasteiger partial charge in [0.05, 0.1) is 28.7 Å². The molecular formula is C21H17BrN6O3. The minimum absolute atomic E-state index is 0.0439. The summed E-state index contributed by atoms with van der Waals surface area (Å²) in [5.41, 5.74) is 0.358. The van der Waals surface area contributed by atoms with Gasteiger partial charge in [-0.15, -0.1) is 5.10 Å². The number of carbonyl (C=O) groups excluding carboxylic acids is 1. The van der Waals surface area contributed by atoms with Crippen LogP contribution in [0.15, 0.2) is 39.9 Å². The van der Waals surface area contributed by atoms with Gasteiger partial charge < -0.3 is 4.74 Å². The number of nitriles is 1. The van der Waals surface area contributed by atoms with Crippen molar-refractivity contribution < 1.29 is 9.53 Å². The molecule has 1 spiro atoms. The quantitative estimate of drug-likeness (QED) is 0.595. The van der Waals surface area contributed by atoms with Gasteiger partial charge in [0, 0.05) is 4.47 Å². The molecule has 31 heavy (non-hydrogen) atoms. The normalized spacial score (nSPS) is 16.5. The molecule has 2 aliphatic carbocycles. The summed E-state index contributed by atoms with van der Waals surface area (Å²) in [6.45, 7) is -0.320. The maximum Gasteiger partial charge on any atom is 0.275 e. The summed E-state index contributed by atoms with van der Waals surface area (Å²) in [4.78, 5) is 33.2. The lowest BCUT2D eigenvalue weighted by molar-refractivity contribution is -0.117. The Hall–Kier alpha value is -3.32. The van der Waals surface area contributed by atoms with E-state index in [0.29, 0.717) is 22.1 Å². The Morgan fingerprint density at radius 1 is 1.29 bits per heavy atom. The first-order chi connectivity index (χ1) is 14.9. The first-order valence-corrected chi connectivity index (χ1v) is 10.6. The third-order valence-corrected chi connectivity index (χ3v) is 6.26. The van der Waals surface area contributed by atoms with E-state index in [1.807, 2.05) is 6.07 Å². The van der Waals surface area contributed by atoms with Crippen molar-refractivity contribution in [3.05, 3.63) is 51.0 Å². The van der Waals surface area contributed by atoms with Gasteiger partial charge in [0.15, 0.2) is 0 Å². The molecule has 2 heterocycles. The number of fused-ring (bicyclic) bond motifs is 1. The molecule has 156 valence electrons. The first kappa shape index (κ1) is 19.6. The summed E-state index contributed by atoms with van der Waals surface area (Å²) in [6, 6.07) is 7.17. The molecule has 0 radical (unpaired) electrons. The predicted octanol–water partition coefficient (Wildman–Crippen LogP) is 2.78. The number of hydrogen-bond donors (Lipinski definition) is 1. The van der Waals surface area contributed by atoms with Crippen molar-refractivity contribution in [3.8, 4) is 11.9 Å². The average molecular weight is 481 g/mol. The van der Waals surface area contributed by atoms with Gasteiger partial charge in [-0.25, -0.2) is 14.6 Å². The van der Waals surface area contributed by atoms with Crippen LogP contribution in [-0.2, 0) is 11.3 Å². The molecule has 0 atom stereocenters. The zero-order valence-corrected chi connectivity index (χ0v) is 17.9. The third-order valence-electron chi connectivity index (χ3n) is 5.77. The van der Waals surface area contributed by atoms with Gasteiger partial charge in [0.1, 0.15) is 18.7 Å². The zero-order chi connectivity index (χ0) is 21.6. The number of carbonyl (C=O) groups is 1. The number of ether oxygens (including phenoxy) is 1. The number of rotatable bonds is 5. The number of anilines is 1. The van der Waals surface area contributed by atoms with Crippen LogP contribution in [0.3, 0.4) is 0 Å². The smallest absolute Gasteiger partial charge is 0.275 e. The van der Waals surface area contributed by atoms with Crippen LogP contribution in [0.25, 0.3) is 10.8 Å². The fourth-order valence-electron chi connectivity index (χ4n) is 3.91. The number of aromatic nitrogens is 4. The van der Waals surface area contributed by atoms with Crippen LogP contribution in [0.2, 0.25) is 0 Å². The lowest BCUT2D eigenvalue weighted by atomic mass is 9.79. The van der Waals surface area contributed by atoms with E-state index in [1.165, 1.54) is 25.2 Å². The van der Waals surface area contributed by atoms with Gasteiger partial charge in [0.25, 0.3) is 5.56 Å². The standard InChI is InChI=1S/C21H17BrN6O3/c22-13-1-2-15-16(5-13)18(31-14-6-21(7-14)3-4-21)27-28(19(15)30)11-17(29)26-20-24-9-12(8-23)10-25-20/h1-2,5,9-10,14H,3-4,6-7,11H2,(H,24,25,26,29). The number of hydrogen-bond acceptors (Lipinski definition) is 7. The molecule has 0 bridgehead atoms. The Morgan fingerprint density at radius 3 is 2.71 bits per heavy atom. The second-order valence-electron chi connectivity index (χ2n) is 8.06. The van der Waals surface area contributed by atoms with E-state index in [1.54, 1.807) is 18.2 Å². The molecule has 1 amide bonds. The summed E-state index contributed by atoms with van der Waals surface area (Å²) in [5, 5.41) is 16.7. The molecule has 5 rings (SSSR count). The minimum Gasteiger partial charge on any atom is -0.473 e. The fraction of sp³-hybridized carbons (Fsp3) is 0.333. The maximum atomic E-state index is 12.9. The SMILES string of the molecule is N#Cc1cnc(NC(=O)Cn2nc(OC3CC4(CC4)C3)c3cc(Br)ccc3c2=O)nc1. The Balaban J connectivity index is 1.41. The van der Waals surface area contributed by atoms with Gasteiger partial charge in [-0.1, -0.05) is 15.9 Å². The number of nitrogens with one attached hydrogen (secondary N) is 1. The van der Waals surface area contributed by atoms with E-state index in [2.05, 4.69) is 36.3 Å². The van der Waals surface area contributed by atoms with Crippen molar-refractivity contribution in [1.82, 2.24) is 19.7 Å². The Morgan fingerprint density at radius 2 is 2.03 bits per heavy atom. The second kappa shape index (κ2) is 7.42. The van der Waals surface area contributed by atoms with E-state index in [-0.39, 0.29) is 24.2 Å². The van der Waals surface area contributed by atoms with Gasteiger partial charge in [-0.2, -0.15) is 5.26 Å². The van der Waals surface area contributed by atoms with Crippen LogP contribution < -0.4 is 15.6 Å². The molecule has 2 saturated carbocycles. The van der Waals surface area contributed by atoms with Gasteiger partial charge in [-0.05, 0) is 49.3 Å². The Kier molecular flexibility index (Phi) is 4.70. The van der Waals surface area contributed by atoms with Gasteiger partial charge in [0.2, 0.25) is 17.7 Å². The summed E-state index contributed by atoms with van der Waals surface area (Å²) in [7, 11) is 0. The molecule has 3 aromatic rings. The van der Waals surface area contributed by atoms with Crippen LogP contribution in [0.5, 0.6) is 5.88 Å². The summed E-state index contributed by atoms with van der Waals surface area (Å²) in [6.07, 6.45) is 7.19. The average Bonchev–Trinajstić information content (AvgIpc) is 3.52. The highest BCUT2D eigenvalue weighted by Gasteiger charge is 2.54. The summed E-state index contributed by atoms with van der Waals surface area (Å²) < 4.78 is 8.04. The van der Waals surface area contributed by atoms with Crippen LogP contribution in [0.4, 0.5) is 5.95 Å². The zero-order valence-electron chi connectivity index (χ0n) is 16.3. The number of halogens is 1. The fourth-order valence-corrected chi connectivity index (χ4v) is 4.27. The number of benzene rings is 1. The Bertz CT molecular complexity index is 1290. The highest BCUT2D eigenvalue weighted by molar-refractivity contribution is 9.10. The van der Waals surface area contributed by atoms with E-state index in [0.717, 1.165) is 22.0 Å². The molecule has 0 saturated heterocycles. The molecule has 2 aromatic heterocycles. The van der Waals surface area contributed by atoms with Crippen molar-refractivity contribution in [3.63, 3.8) is 0 Å². The van der Waals surface area contributed by atoms with E-state index in [4.69, 9.17) is 10.00 Å². The summed E-state index contributed by atoms with van der Waals surface area (Å²) in [5.74, 6) is -0.122. The van der Waals surface area contributed by atoms with Crippen LogP contribution in [0, 0.1) is 16.7 Å². The molecule has 9 nitrogen and oxygen atoms in total. The number of amides is 1. The molecule has 1 aromatic carbocycles. The van der Waals surface area contributed by atoms with Gasteiger partial charge in [-0.3, -0.25) is 14.9 Å². The van der Waals surface area contributed by atoms with Gasteiger partial charge >= 0.3 is 0 Å². The predicted molar refractivity (Wildman–Crippen MR) is 114 cm³/mol. The van der Waals surface area contributed by atoms with Crippen LogP contribution in [-0.4, -0.2) is 31.8 Å². The molecule has 2 aliphatic rings. The highest BCUT2D eigenvalue weighted by Crippen LogP contribution is 2.61. The van der Waals surface area contributed by atoms with E-state index in [9.17, 15) is 9.59 Å².